The molecule has 1 aromatic carbocycles. The second kappa shape index (κ2) is 15.8. The molecule has 1 aromatic rings. The first kappa shape index (κ1) is 22.6. The number of methoxy groups -OCH3 is 2. The van der Waals surface area contributed by atoms with Crippen molar-refractivity contribution in [3.63, 3.8) is 0 Å². The largest absolute Gasteiger partial charge is 0.497 e. The van der Waals surface area contributed by atoms with E-state index >= 15 is 0 Å². The van der Waals surface area contributed by atoms with Crippen LogP contribution in [0.25, 0.3) is 0 Å². The van der Waals surface area contributed by atoms with Crippen molar-refractivity contribution in [3.8, 4) is 17.2 Å². The van der Waals surface area contributed by atoms with Crippen LogP contribution in [0.3, 0.4) is 0 Å². The Labute approximate surface area is 159 Å². The topological polar surface area (TPSA) is 47.9 Å². The van der Waals surface area contributed by atoms with E-state index in [1.807, 2.05) is 18.2 Å². The van der Waals surface area contributed by atoms with Gasteiger partial charge in [-0.2, -0.15) is 0 Å². The van der Waals surface area contributed by atoms with Crippen molar-refractivity contribution in [1.29, 1.82) is 0 Å². The summed E-state index contributed by atoms with van der Waals surface area (Å²) in [5, 5.41) is 8.73. The maximum absolute atomic E-state index is 8.73. The van der Waals surface area contributed by atoms with Gasteiger partial charge < -0.3 is 19.3 Å². The van der Waals surface area contributed by atoms with Gasteiger partial charge in [-0.3, -0.25) is 0 Å². The van der Waals surface area contributed by atoms with E-state index in [2.05, 4.69) is 0 Å². The van der Waals surface area contributed by atoms with Gasteiger partial charge in [0.05, 0.1) is 20.8 Å². The summed E-state index contributed by atoms with van der Waals surface area (Å²) in [6.07, 6.45) is 15.1. The molecular formula is C22H38O4. The first-order valence-corrected chi connectivity index (χ1v) is 10.3. The molecule has 0 amide bonds. The molecule has 26 heavy (non-hydrogen) atoms. The van der Waals surface area contributed by atoms with Gasteiger partial charge in [0.25, 0.3) is 0 Å². The third-order valence-electron chi connectivity index (χ3n) is 4.68. The molecule has 0 bridgehead atoms. The van der Waals surface area contributed by atoms with Crippen molar-refractivity contribution in [2.24, 2.45) is 0 Å². The Balaban J connectivity index is 1.95. The molecule has 0 saturated carbocycles. The normalized spacial score (nSPS) is 10.7. The monoisotopic (exact) mass is 366 g/mol. The zero-order valence-corrected chi connectivity index (χ0v) is 16.8. The highest BCUT2D eigenvalue weighted by atomic mass is 16.5. The quantitative estimate of drug-likeness (QED) is 0.356. The van der Waals surface area contributed by atoms with Crippen LogP contribution in [0.5, 0.6) is 17.2 Å². The number of rotatable bonds is 17. The van der Waals surface area contributed by atoms with E-state index in [0.717, 1.165) is 36.7 Å². The van der Waals surface area contributed by atoms with Crippen molar-refractivity contribution in [2.45, 2.75) is 77.0 Å². The third-order valence-corrected chi connectivity index (χ3v) is 4.68. The van der Waals surface area contributed by atoms with Crippen molar-refractivity contribution >= 4 is 0 Å². The standard InChI is InChI=1S/C22H38O4/c1-24-20-15-16-21(25-2)22(19-20)26-18-14-12-10-8-6-4-3-5-7-9-11-13-17-23/h15-16,19,23H,3-14,17-18H2,1-2H3. The summed E-state index contributed by atoms with van der Waals surface area (Å²) in [7, 11) is 3.31. The van der Waals surface area contributed by atoms with Crippen LogP contribution in [0.1, 0.15) is 77.0 Å². The zero-order valence-electron chi connectivity index (χ0n) is 16.8. The van der Waals surface area contributed by atoms with Crippen LogP contribution < -0.4 is 14.2 Å². The molecule has 4 nitrogen and oxygen atoms in total. The van der Waals surface area contributed by atoms with Crippen molar-refractivity contribution < 1.29 is 19.3 Å². The molecule has 0 aromatic heterocycles. The highest BCUT2D eigenvalue weighted by Gasteiger charge is 2.06. The van der Waals surface area contributed by atoms with Crippen LogP contribution >= 0.6 is 0 Å². The minimum absolute atomic E-state index is 0.345. The first-order valence-electron chi connectivity index (χ1n) is 10.3. The summed E-state index contributed by atoms with van der Waals surface area (Å²) < 4.78 is 16.4. The van der Waals surface area contributed by atoms with E-state index in [9.17, 15) is 0 Å². The zero-order chi connectivity index (χ0) is 18.9. The predicted molar refractivity (Wildman–Crippen MR) is 108 cm³/mol. The fourth-order valence-electron chi connectivity index (χ4n) is 3.06. The lowest BCUT2D eigenvalue weighted by Crippen LogP contribution is -2.00. The van der Waals surface area contributed by atoms with Gasteiger partial charge in [0.1, 0.15) is 5.75 Å². The second-order valence-electron chi connectivity index (χ2n) is 6.83. The third kappa shape index (κ3) is 10.5. The minimum atomic E-state index is 0.345. The summed E-state index contributed by atoms with van der Waals surface area (Å²) in [6.45, 7) is 1.06. The Kier molecular flexibility index (Phi) is 13.8. The van der Waals surface area contributed by atoms with E-state index in [1.165, 1.54) is 64.2 Å². The molecule has 150 valence electrons. The van der Waals surface area contributed by atoms with Gasteiger partial charge in [-0.1, -0.05) is 64.2 Å². The lowest BCUT2D eigenvalue weighted by Gasteiger charge is -2.12. The van der Waals surface area contributed by atoms with E-state index < -0.39 is 0 Å². The summed E-state index contributed by atoms with van der Waals surface area (Å²) in [5.41, 5.74) is 0. The Morgan fingerprint density at radius 2 is 1.19 bits per heavy atom. The van der Waals surface area contributed by atoms with Gasteiger partial charge in [0.2, 0.25) is 0 Å². The van der Waals surface area contributed by atoms with Gasteiger partial charge in [-0.25, -0.2) is 0 Å². The number of hydrogen-bond acceptors (Lipinski definition) is 4. The molecule has 1 rings (SSSR count). The average Bonchev–Trinajstić information content (AvgIpc) is 2.68. The first-order chi connectivity index (χ1) is 12.8. The minimum Gasteiger partial charge on any atom is -0.497 e. The van der Waals surface area contributed by atoms with Gasteiger partial charge in [-0.15, -0.1) is 0 Å². The number of aliphatic hydroxyl groups excluding tert-OH is 1. The highest BCUT2D eigenvalue weighted by molar-refractivity contribution is 5.45. The number of unbranched alkanes of at least 4 members (excludes halogenated alkanes) is 11. The van der Waals surface area contributed by atoms with Gasteiger partial charge in [0, 0.05) is 12.7 Å². The fraction of sp³-hybridized carbons (Fsp3) is 0.727. The molecule has 0 radical (unpaired) electrons. The van der Waals surface area contributed by atoms with E-state index in [0.29, 0.717) is 6.61 Å². The number of aliphatic hydroxyl groups is 1. The molecule has 0 aliphatic carbocycles. The van der Waals surface area contributed by atoms with Crippen molar-refractivity contribution in [1.82, 2.24) is 0 Å². The van der Waals surface area contributed by atoms with E-state index in [-0.39, 0.29) is 0 Å². The molecule has 0 saturated heterocycles. The maximum atomic E-state index is 8.73. The summed E-state index contributed by atoms with van der Waals surface area (Å²) in [6, 6.07) is 5.63. The van der Waals surface area contributed by atoms with Gasteiger partial charge >= 0.3 is 0 Å². The van der Waals surface area contributed by atoms with Gasteiger partial charge in [0.15, 0.2) is 11.5 Å². The molecule has 0 unspecified atom stereocenters. The molecular weight excluding hydrogens is 328 g/mol. The number of ether oxygens (including phenoxy) is 3. The Hall–Kier alpha value is -1.42. The van der Waals surface area contributed by atoms with Crippen LogP contribution in [0.4, 0.5) is 0 Å². The molecule has 0 aliphatic rings. The van der Waals surface area contributed by atoms with Crippen molar-refractivity contribution in [2.75, 3.05) is 27.4 Å². The van der Waals surface area contributed by atoms with Gasteiger partial charge in [-0.05, 0) is 25.0 Å². The smallest absolute Gasteiger partial charge is 0.164 e. The molecule has 0 fully saturated rings. The molecule has 4 heteroatoms. The molecule has 1 N–H and O–H groups in total. The lowest BCUT2D eigenvalue weighted by atomic mass is 10.1. The number of hydrogen-bond donors (Lipinski definition) is 1. The van der Waals surface area contributed by atoms with Crippen LogP contribution in [-0.4, -0.2) is 32.5 Å². The van der Waals surface area contributed by atoms with Crippen LogP contribution in [-0.2, 0) is 0 Å². The Morgan fingerprint density at radius 3 is 1.69 bits per heavy atom. The predicted octanol–water partition coefficient (Wildman–Crippen LogP) is 5.76. The van der Waals surface area contributed by atoms with Crippen LogP contribution in [0.2, 0.25) is 0 Å². The van der Waals surface area contributed by atoms with Crippen LogP contribution in [0, 0.1) is 0 Å². The maximum Gasteiger partial charge on any atom is 0.164 e. The Bertz CT molecular complexity index is 448. The lowest BCUT2D eigenvalue weighted by molar-refractivity contribution is 0.282. The molecule has 0 heterocycles. The average molecular weight is 367 g/mol. The highest BCUT2D eigenvalue weighted by Crippen LogP contribution is 2.31. The van der Waals surface area contributed by atoms with E-state index in [1.54, 1.807) is 14.2 Å². The summed E-state index contributed by atoms with van der Waals surface area (Å²) >= 11 is 0. The summed E-state index contributed by atoms with van der Waals surface area (Å²) in [4.78, 5) is 0. The summed E-state index contributed by atoms with van der Waals surface area (Å²) in [5.74, 6) is 2.29. The van der Waals surface area contributed by atoms with Crippen LogP contribution in [0.15, 0.2) is 18.2 Å². The second-order valence-corrected chi connectivity index (χ2v) is 6.83. The SMILES string of the molecule is COc1ccc(OC)c(OCCCCCCCCCCCCCCO)c1. The molecule has 0 spiro atoms. The molecule has 0 atom stereocenters. The molecule has 0 aliphatic heterocycles. The van der Waals surface area contributed by atoms with Crippen molar-refractivity contribution in [3.05, 3.63) is 18.2 Å². The fourth-order valence-corrected chi connectivity index (χ4v) is 3.06. The van der Waals surface area contributed by atoms with E-state index in [4.69, 9.17) is 19.3 Å². The number of benzene rings is 1. The Morgan fingerprint density at radius 1 is 0.654 bits per heavy atom.